The second kappa shape index (κ2) is 11.2. The summed E-state index contributed by atoms with van der Waals surface area (Å²) in [5.41, 5.74) is 1.02. The number of hydrogen-bond acceptors (Lipinski definition) is 5. The maximum Gasteiger partial charge on any atom is 0.410 e. The third-order valence-corrected chi connectivity index (χ3v) is 8.03. The van der Waals surface area contributed by atoms with Crippen LogP contribution < -0.4 is 0 Å². The van der Waals surface area contributed by atoms with Crippen LogP contribution in [0.5, 0.6) is 0 Å². The Balaban J connectivity index is 1.34. The number of amides is 2. The number of halogens is 4. The minimum absolute atomic E-state index is 0.0179. The smallest absolute Gasteiger partial charge is 0.410 e. The average molecular weight is 607 g/mol. The van der Waals surface area contributed by atoms with Crippen molar-refractivity contribution < 1.29 is 23.1 Å². The molecule has 2 fully saturated rings. The van der Waals surface area contributed by atoms with Gasteiger partial charge in [-0.1, -0.05) is 23.7 Å². The lowest BCUT2D eigenvalue weighted by molar-refractivity contribution is -0.136. The summed E-state index contributed by atoms with van der Waals surface area (Å²) in [4.78, 5) is 37.6. The van der Waals surface area contributed by atoms with Crippen molar-refractivity contribution in [3.8, 4) is 22.5 Å². The largest absolute Gasteiger partial charge is 0.444 e. The highest BCUT2D eigenvalue weighted by Gasteiger charge is 2.48. The molecule has 0 bridgehead atoms. The Hall–Kier alpha value is -3.24. The molecule has 0 N–H and O–H groups in total. The fourth-order valence-corrected chi connectivity index (χ4v) is 5.74. The normalized spacial score (nSPS) is 16.7. The summed E-state index contributed by atoms with van der Waals surface area (Å²) in [5.74, 6) is -0.158. The summed E-state index contributed by atoms with van der Waals surface area (Å²) in [7, 11) is 0. The van der Waals surface area contributed by atoms with E-state index in [9.17, 15) is 18.4 Å². The molecular weight excluding hydrogens is 575 g/mol. The molecule has 218 valence electrons. The topological polar surface area (TPSA) is 80.6 Å². The van der Waals surface area contributed by atoms with E-state index in [4.69, 9.17) is 27.9 Å². The van der Waals surface area contributed by atoms with Crippen molar-refractivity contribution in [1.29, 1.82) is 0 Å². The summed E-state index contributed by atoms with van der Waals surface area (Å²) >= 11 is 12.6. The Morgan fingerprint density at radius 3 is 2.29 bits per heavy atom. The number of carbonyl (C=O) groups is 2. The van der Waals surface area contributed by atoms with Crippen LogP contribution in [-0.4, -0.2) is 68.1 Å². The number of piperidine rings is 1. The summed E-state index contributed by atoms with van der Waals surface area (Å²) < 4.78 is 34.0. The molecule has 0 unspecified atom stereocenters. The molecule has 2 aliphatic rings. The van der Waals surface area contributed by atoms with Crippen molar-refractivity contribution in [2.45, 2.75) is 52.2 Å². The molecule has 8 nitrogen and oxygen atoms in total. The van der Waals surface area contributed by atoms with E-state index in [1.54, 1.807) is 44.7 Å². The predicted octanol–water partition coefficient (Wildman–Crippen LogP) is 6.72. The summed E-state index contributed by atoms with van der Waals surface area (Å²) in [6.45, 7) is 7.71. The Bertz CT molecular complexity index is 1440. The molecule has 0 radical (unpaired) electrons. The number of ether oxygens (including phenoxy) is 1. The molecule has 4 heterocycles. The van der Waals surface area contributed by atoms with Crippen LogP contribution in [0.2, 0.25) is 10.3 Å². The van der Waals surface area contributed by atoms with Gasteiger partial charge in [-0.2, -0.15) is 0 Å². The predicted molar refractivity (Wildman–Crippen MR) is 152 cm³/mol. The van der Waals surface area contributed by atoms with Crippen LogP contribution in [0.4, 0.5) is 13.6 Å². The van der Waals surface area contributed by atoms with Crippen molar-refractivity contribution in [1.82, 2.24) is 24.3 Å². The van der Waals surface area contributed by atoms with Gasteiger partial charge in [0.05, 0.1) is 11.4 Å². The van der Waals surface area contributed by atoms with E-state index in [-0.39, 0.29) is 34.9 Å². The summed E-state index contributed by atoms with van der Waals surface area (Å²) in [5, 5.41) is 0.595. The SMILES string of the molecule is CC(C)(C)OC(=O)N1CC2(CCN(C(=O)Cn3c(Cl)nc(-c4ccc(Cl)cc4)c3-c3ccnc(C(F)F)c3)CC2)C1. The molecule has 2 aliphatic heterocycles. The number of carbonyl (C=O) groups excluding carboxylic acids is 2. The zero-order valence-electron chi connectivity index (χ0n) is 23.0. The number of imidazole rings is 1. The number of likely N-dealkylation sites (tertiary alicyclic amines) is 2. The third-order valence-electron chi connectivity index (χ3n) is 7.49. The van der Waals surface area contributed by atoms with Gasteiger partial charge in [-0.3, -0.25) is 9.78 Å². The van der Waals surface area contributed by atoms with Crippen LogP contribution in [0.15, 0.2) is 42.6 Å². The van der Waals surface area contributed by atoms with Gasteiger partial charge in [0.1, 0.15) is 17.8 Å². The lowest BCUT2D eigenvalue weighted by atomic mass is 9.72. The molecule has 2 saturated heterocycles. The van der Waals surface area contributed by atoms with E-state index in [1.807, 2.05) is 20.8 Å². The number of pyridine rings is 1. The molecule has 12 heteroatoms. The Kier molecular flexibility index (Phi) is 8.00. The van der Waals surface area contributed by atoms with Crippen molar-refractivity contribution in [2.75, 3.05) is 26.2 Å². The first-order chi connectivity index (χ1) is 19.3. The lowest BCUT2D eigenvalue weighted by Crippen LogP contribution is -2.62. The first-order valence-corrected chi connectivity index (χ1v) is 14.1. The zero-order valence-corrected chi connectivity index (χ0v) is 24.6. The Labute approximate surface area is 247 Å². The molecule has 0 atom stereocenters. The second-order valence-corrected chi connectivity index (χ2v) is 12.4. The molecule has 2 aromatic heterocycles. The van der Waals surface area contributed by atoms with E-state index in [2.05, 4.69) is 9.97 Å². The third kappa shape index (κ3) is 6.33. The molecule has 3 aromatic rings. The van der Waals surface area contributed by atoms with Crippen molar-refractivity contribution in [3.05, 3.63) is 58.6 Å². The van der Waals surface area contributed by atoms with E-state index in [0.717, 1.165) is 12.8 Å². The van der Waals surface area contributed by atoms with Gasteiger partial charge in [-0.05, 0) is 69.5 Å². The van der Waals surface area contributed by atoms with Gasteiger partial charge in [-0.25, -0.2) is 18.6 Å². The van der Waals surface area contributed by atoms with Gasteiger partial charge in [0.2, 0.25) is 11.2 Å². The fraction of sp³-hybridized carbons (Fsp3) is 0.448. The van der Waals surface area contributed by atoms with Crippen LogP contribution >= 0.6 is 23.2 Å². The van der Waals surface area contributed by atoms with Gasteiger partial charge in [0, 0.05) is 53.9 Å². The first-order valence-electron chi connectivity index (χ1n) is 13.4. The monoisotopic (exact) mass is 605 g/mol. The van der Waals surface area contributed by atoms with Crippen LogP contribution in [0.1, 0.15) is 45.7 Å². The number of aromatic nitrogens is 3. The maximum absolute atomic E-state index is 13.5. The molecule has 5 rings (SSSR count). The number of alkyl halides is 2. The highest BCUT2D eigenvalue weighted by Crippen LogP contribution is 2.41. The quantitative estimate of drug-likeness (QED) is 0.322. The second-order valence-electron chi connectivity index (χ2n) is 11.7. The van der Waals surface area contributed by atoms with E-state index in [1.165, 1.54) is 12.3 Å². The number of benzene rings is 1. The van der Waals surface area contributed by atoms with E-state index in [0.29, 0.717) is 53.7 Å². The highest BCUT2D eigenvalue weighted by molar-refractivity contribution is 6.30. The molecule has 0 saturated carbocycles. The van der Waals surface area contributed by atoms with E-state index < -0.39 is 12.0 Å². The maximum atomic E-state index is 13.5. The van der Waals surface area contributed by atoms with E-state index >= 15 is 0 Å². The minimum atomic E-state index is -2.76. The number of hydrogen-bond donors (Lipinski definition) is 0. The summed E-state index contributed by atoms with van der Waals surface area (Å²) in [6, 6.07) is 9.80. The van der Waals surface area contributed by atoms with Crippen LogP contribution in [0.25, 0.3) is 22.5 Å². The van der Waals surface area contributed by atoms with Crippen LogP contribution in [0.3, 0.4) is 0 Å². The number of rotatable bonds is 5. The zero-order chi connectivity index (χ0) is 29.5. The molecular formula is C29H31Cl2F2N5O3. The summed E-state index contributed by atoms with van der Waals surface area (Å²) in [6.07, 6.45) is -0.243. The average Bonchev–Trinajstić information content (AvgIpc) is 3.22. The fourth-order valence-electron chi connectivity index (χ4n) is 5.39. The Morgan fingerprint density at radius 1 is 1.02 bits per heavy atom. The van der Waals surface area contributed by atoms with Gasteiger partial charge in [0.15, 0.2) is 0 Å². The standard InChI is InChI=1S/C29H31Cl2F2N5O3/c1-28(2,3)41-27(40)37-16-29(17-37)9-12-36(13-10-29)22(39)15-38-24(19-8-11-34-21(14-19)25(32)33)23(35-26(38)31)18-4-6-20(30)7-5-18/h4-8,11,14,25H,9-10,12-13,15-17H2,1-3H3. The van der Waals surface area contributed by atoms with Gasteiger partial charge < -0.3 is 19.1 Å². The molecule has 41 heavy (non-hydrogen) atoms. The molecule has 1 spiro atoms. The van der Waals surface area contributed by atoms with Crippen LogP contribution in [-0.2, 0) is 16.1 Å². The van der Waals surface area contributed by atoms with Crippen LogP contribution in [0, 0.1) is 5.41 Å². The molecule has 1 aromatic carbocycles. The minimum Gasteiger partial charge on any atom is -0.444 e. The van der Waals surface area contributed by atoms with Crippen molar-refractivity contribution in [3.63, 3.8) is 0 Å². The lowest BCUT2D eigenvalue weighted by Gasteiger charge is -2.53. The van der Waals surface area contributed by atoms with Gasteiger partial charge >= 0.3 is 6.09 Å². The van der Waals surface area contributed by atoms with Crippen molar-refractivity contribution >= 4 is 35.2 Å². The highest BCUT2D eigenvalue weighted by atomic mass is 35.5. The van der Waals surface area contributed by atoms with Crippen molar-refractivity contribution in [2.24, 2.45) is 5.41 Å². The molecule has 2 amide bonds. The van der Waals surface area contributed by atoms with Gasteiger partial charge in [0.25, 0.3) is 6.43 Å². The Morgan fingerprint density at radius 2 is 1.68 bits per heavy atom. The first kappa shape index (κ1) is 29.3. The number of nitrogens with zero attached hydrogens (tertiary/aromatic N) is 5. The van der Waals surface area contributed by atoms with Gasteiger partial charge in [-0.15, -0.1) is 0 Å². The molecule has 0 aliphatic carbocycles.